The van der Waals surface area contributed by atoms with Gasteiger partial charge in [0.05, 0.1) is 15.8 Å². The zero-order valence-electron chi connectivity index (χ0n) is 14.8. The minimum absolute atomic E-state index is 0.149. The van der Waals surface area contributed by atoms with E-state index in [1.165, 1.54) is 16.6 Å². The summed E-state index contributed by atoms with van der Waals surface area (Å²) in [5.41, 5.74) is 1.67. The zero-order valence-corrected chi connectivity index (χ0v) is 18.0. The van der Waals surface area contributed by atoms with Gasteiger partial charge in [0.2, 0.25) is 5.91 Å². The minimum Gasteiger partial charge on any atom is -0.325 e. The van der Waals surface area contributed by atoms with E-state index < -0.39 is 0 Å². The number of aryl methyl sites for hydroxylation is 1. The van der Waals surface area contributed by atoms with Crippen LogP contribution in [0.1, 0.15) is 18.2 Å². The van der Waals surface area contributed by atoms with E-state index in [4.69, 9.17) is 23.2 Å². The average molecular weight is 441 g/mol. The Morgan fingerprint density at radius 3 is 2.81 bits per heavy atom. The highest BCUT2D eigenvalue weighted by molar-refractivity contribution is 7.99. The van der Waals surface area contributed by atoms with Crippen LogP contribution >= 0.6 is 46.3 Å². The molecule has 1 amide bonds. The molecule has 0 fully saturated rings. The van der Waals surface area contributed by atoms with Crippen LogP contribution in [0.25, 0.3) is 11.4 Å². The summed E-state index contributed by atoms with van der Waals surface area (Å²) in [6.45, 7) is 2.17. The molecule has 9 heteroatoms. The number of carbonyl (C=O) groups excluding carboxylic acids is 1. The third kappa shape index (κ3) is 5.04. The number of thiophene rings is 1. The number of thioether (sulfide) groups is 1. The van der Waals surface area contributed by atoms with Crippen molar-refractivity contribution in [2.75, 3.05) is 11.1 Å². The molecule has 2 heterocycles. The van der Waals surface area contributed by atoms with E-state index in [2.05, 4.69) is 33.9 Å². The lowest BCUT2D eigenvalue weighted by molar-refractivity contribution is -0.113. The van der Waals surface area contributed by atoms with Crippen molar-refractivity contribution >= 4 is 57.9 Å². The molecule has 0 atom stereocenters. The molecule has 1 N–H and O–H groups in total. The van der Waals surface area contributed by atoms with Gasteiger partial charge < -0.3 is 9.88 Å². The van der Waals surface area contributed by atoms with Crippen LogP contribution in [0.4, 0.5) is 5.69 Å². The maximum atomic E-state index is 12.2. The first-order chi connectivity index (χ1) is 13.0. The van der Waals surface area contributed by atoms with Gasteiger partial charge in [-0.2, -0.15) is 0 Å². The number of anilines is 1. The lowest BCUT2D eigenvalue weighted by Crippen LogP contribution is -2.14. The smallest absolute Gasteiger partial charge is 0.234 e. The number of nitrogens with one attached hydrogen (secondary N) is 1. The van der Waals surface area contributed by atoms with Crippen molar-refractivity contribution in [2.45, 2.75) is 24.9 Å². The Labute approximate surface area is 176 Å². The van der Waals surface area contributed by atoms with E-state index in [1.807, 2.05) is 11.6 Å². The summed E-state index contributed by atoms with van der Waals surface area (Å²) in [7, 11) is 1.91. The molecule has 27 heavy (non-hydrogen) atoms. The SMILES string of the molecule is CCCc1cc(-c2nnc(SCC(=O)Nc3ccc(Cl)c(Cl)c3)n2C)cs1. The monoisotopic (exact) mass is 440 g/mol. The van der Waals surface area contributed by atoms with Crippen LogP contribution in [0.15, 0.2) is 34.8 Å². The Balaban J connectivity index is 1.61. The van der Waals surface area contributed by atoms with E-state index in [0.29, 0.717) is 20.9 Å². The first kappa shape index (κ1) is 20.2. The highest BCUT2D eigenvalue weighted by atomic mass is 35.5. The van der Waals surface area contributed by atoms with Crippen molar-refractivity contribution in [3.8, 4) is 11.4 Å². The summed E-state index contributed by atoms with van der Waals surface area (Å²) in [5, 5.41) is 14.9. The molecule has 142 valence electrons. The minimum atomic E-state index is -0.149. The van der Waals surface area contributed by atoms with Gasteiger partial charge in [-0.3, -0.25) is 4.79 Å². The summed E-state index contributed by atoms with van der Waals surface area (Å²) >= 11 is 14.9. The first-order valence-corrected chi connectivity index (χ1v) is 10.9. The van der Waals surface area contributed by atoms with Crippen molar-refractivity contribution in [3.63, 3.8) is 0 Å². The lowest BCUT2D eigenvalue weighted by Gasteiger charge is -2.06. The molecule has 3 aromatic rings. The fourth-order valence-corrected chi connectivity index (χ4v) is 4.45. The van der Waals surface area contributed by atoms with Gasteiger partial charge in [0.25, 0.3) is 0 Å². The summed E-state index contributed by atoms with van der Waals surface area (Å²) in [6.07, 6.45) is 2.19. The maximum Gasteiger partial charge on any atom is 0.234 e. The highest BCUT2D eigenvalue weighted by Gasteiger charge is 2.14. The number of amides is 1. The van der Waals surface area contributed by atoms with E-state index in [9.17, 15) is 4.79 Å². The number of rotatable bonds is 7. The Kier molecular flexibility index (Phi) is 6.81. The van der Waals surface area contributed by atoms with Crippen molar-refractivity contribution in [1.82, 2.24) is 14.8 Å². The predicted octanol–water partition coefficient (Wildman–Crippen LogP) is 5.53. The van der Waals surface area contributed by atoms with Gasteiger partial charge in [-0.15, -0.1) is 21.5 Å². The molecule has 3 rings (SSSR count). The topological polar surface area (TPSA) is 59.8 Å². The largest absolute Gasteiger partial charge is 0.325 e. The van der Waals surface area contributed by atoms with E-state index in [1.54, 1.807) is 29.5 Å². The van der Waals surface area contributed by atoms with Crippen LogP contribution < -0.4 is 5.32 Å². The maximum absolute atomic E-state index is 12.2. The van der Waals surface area contributed by atoms with Crippen LogP contribution in [-0.4, -0.2) is 26.4 Å². The lowest BCUT2D eigenvalue weighted by atomic mass is 10.2. The van der Waals surface area contributed by atoms with Gasteiger partial charge in [-0.05, 0) is 30.7 Å². The molecule has 2 aromatic heterocycles. The molecule has 0 unspecified atom stereocenters. The van der Waals surface area contributed by atoms with Gasteiger partial charge in [0, 0.05) is 28.6 Å². The second kappa shape index (κ2) is 9.10. The van der Waals surface area contributed by atoms with Gasteiger partial charge >= 0.3 is 0 Å². The number of hydrogen-bond donors (Lipinski definition) is 1. The normalized spacial score (nSPS) is 11.0. The van der Waals surface area contributed by atoms with Crippen molar-refractivity contribution < 1.29 is 4.79 Å². The highest BCUT2D eigenvalue weighted by Crippen LogP contribution is 2.28. The molecular weight excluding hydrogens is 423 g/mol. The molecule has 0 aliphatic rings. The summed E-state index contributed by atoms with van der Waals surface area (Å²) in [4.78, 5) is 13.5. The van der Waals surface area contributed by atoms with Crippen LogP contribution in [0.2, 0.25) is 10.0 Å². The number of carbonyl (C=O) groups is 1. The molecule has 0 bridgehead atoms. The van der Waals surface area contributed by atoms with Crippen LogP contribution in [-0.2, 0) is 18.3 Å². The molecule has 0 saturated heterocycles. The summed E-state index contributed by atoms with van der Waals surface area (Å²) in [5.74, 6) is 0.876. The molecular formula is C18H18Cl2N4OS2. The van der Waals surface area contributed by atoms with Gasteiger partial charge in [-0.1, -0.05) is 48.3 Å². The number of benzene rings is 1. The van der Waals surface area contributed by atoms with Crippen LogP contribution in [0.3, 0.4) is 0 Å². The Morgan fingerprint density at radius 1 is 1.26 bits per heavy atom. The van der Waals surface area contributed by atoms with E-state index in [-0.39, 0.29) is 11.7 Å². The number of nitrogens with zero attached hydrogens (tertiary/aromatic N) is 3. The molecule has 1 aromatic carbocycles. The van der Waals surface area contributed by atoms with E-state index in [0.717, 1.165) is 24.2 Å². The van der Waals surface area contributed by atoms with Crippen molar-refractivity contribution in [1.29, 1.82) is 0 Å². The Bertz CT molecular complexity index is 955. The van der Waals surface area contributed by atoms with Gasteiger partial charge in [0.1, 0.15) is 0 Å². The zero-order chi connectivity index (χ0) is 19.4. The second-order valence-electron chi connectivity index (χ2n) is 5.88. The van der Waals surface area contributed by atoms with E-state index >= 15 is 0 Å². The molecule has 5 nitrogen and oxygen atoms in total. The molecule has 0 spiro atoms. The molecule has 0 radical (unpaired) electrons. The number of hydrogen-bond acceptors (Lipinski definition) is 5. The van der Waals surface area contributed by atoms with Crippen LogP contribution in [0.5, 0.6) is 0 Å². The number of halogens is 2. The van der Waals surface area contributed by atoms with Gasteiger partial charge in [0.15, 0.2) is 11.0 Å². The summed E-state index contributed by atoms with van der Waals surface area (Å²) < 4.78 is 1.91. The van der Waals surface area contributed by atoms with Crippen molar-refractivity contribution in [2.24, 2.45) is 7.05 Å². The van der Waals surface area contributed by atoms with Crippen molar-refractivity contribution in [3.05, 3.63) is 44.6 Å². The summed E-state index contributed by atoms with van der Waals surface area (Å²) in [6, 6.07) is 7.14. The first-order valence-electron chi connectivity index (χ1n) is 8.32. The molecule has 0 saturated carbocycles. The Morgan fingerprint density at radius 2 is 2.07 bits per heavy atom. The fourth-order valence-electron chi connectivity index (χ4n) is 2.47. The standard InChI is InChI=1S/C18H18Cl2N4OS2/c1-3-4-13-7-11(9-26-13)17-22-23-18(24(17)2)27-10-16(25)21-12-5-6-14(19)15(20)8-12/h5-9H,3-4,10H2,1-2H3,(H,21,25). The van der Waals surface area contributed by atoms with Gasteiger partial charge in [-0.25, -0.2) is 0 Å². The third-order valence-corrected chi connectivity index (χ3v) is 6.53. The second-order valence-corrected chi connectivity index (χ2v) is 8.64. The number of aromatic nitrogens is 3. The molecule has 0 aliphatic carbocycles. The van der Waals surface area contributed by atoms with Crippen LogP contribution in [0, 0.1) is 0 Å². The fraction of sp³-hybridized carbons (Fsp3) is 0.278. The average Bonchev–Trinajstić information content (AvgIpc) is 3.23. The Hall–Kier alpha value is -1.54. The quantitative estimate of drug-likeness (QED) is 0.490. The predicted molar refractivity (Wildman–Crippen MR) is 114 cm³/mol. The third-order valence-electron chi connectivity index (χ3n) is 3.78. The molecule has 0 aliphatic heterocycles.